The van der Waals surface area contributed by atoms with Crippen LogP contribution in [0.5, 0.6) is 0 Å². The third-order valence-corrected chi connectivity index (χ3v) is 6.06. The maximum absolute atomic E-state index is 5.76. The lowest BCUT2D eigenvalue weighted by atomic mass is 10.1. The predicted octanol–water partition coefficient (Wildman–Crippen LogP) is 5.13. The topological polar surface area (TPSA) is 26.0 Å². The van der Waals surface area contributed by atoms with Crippen molar-refractivity contribution in [3.8, 4) is 10.7 Å². The second kappa shape index (κ2) is 7.47. The van der Waals surface area contributed by atoms with Crippen molar-refractivity contribution in [1.29, 1.82) is 0 Å². The summed E-state index contributed by atoms with van der Waals surface area (Å²) in [6.07, 6.45) is 3.49. The summed E-state index contributed by atoms with van der Waals surface area (Å²) in [6, 6.07) is 13.6. The molecule has 6 heteroatoms. The average molecular weight is 385 g/mol. The van der Waals surface area contributed by atoms with Gasteiger partial charge in [-0.2, -0.15) is 0 Å². The normalized spacial score (nSPS) is 14.3. The molecule has 26 heavy (non-hydrogen) atoms. The van der Waals surface area contributed by atoms with Gasteiger partial charge in [0.2, 0.25) is 0 Å². The molecular weight excluding hydrogens is 360 g/mol. The summed E-state index contributed by atoms with van der Waals surface area (Å²) in [7, 11) is 2.12. The standard InChI is InChI=1S/C20H24N4S2/c1-3-15-6-8-16(9-7-15)13-22(2)14-23-20(25)24(17-10-11-17)19(21-23)18-5-4-12-26-18/h4-9,12,17H,3,10-11,13-14H2,1-2H3. The molecule has 0 unspecified atom stereocenters. The Hall–Kier alpha value is -1.76. The van der Waals surface area contributed by atoms with E-state index in [-0.39, 0.29) is 0 Å². The quantitative estimate of drug-likeness (QED) is 0.528. The van der Waals surface area contributed by atoms with Crippen LogP contribution in [0.25, 0.3) is 10.7 Å². The molecule has 1 fully saturated rings. The second-order valence-corrected chi connectivity index (χ2v) is 8.32. The van der Waals surface area contributed by atoms with Gasteiger partial charge in [0.15, 0.2) is 10.6 Å². The van der Waals surface area contributed by atoms with Gasteiger partial charge in [-0.25, -0.2) is 4.68 Å². The minimum absolute atomic E-state index is 0.528. The van der Waals surface area contributed by atoms with Gasteiger partial charge in [-0.1, -0.05) is 37.3 Å². The van der Waals surface area contributed by atoms with Crippen molar-refractivity contribution >= 4 is 23.6 Å². The summed E-state index contributed by atoms with van der Waals surface area (Å²) >= 11 is 7.49. The maximum Gasteiger partial charge on any atom is 0.199 e. The molecule has 0 amide bonds. The van der Waals surface area contributed by atoms with Gasteiger partial charge in [-0.3, -0.25) is 9.47 Å². The molecule has 0 N–H and O–H groups in total. The summed E-state index contributed by atoms with van der Waals surface area (Å²) in [4.78, 5) is 3.46. The van der Waals surface area contributed by atoms with Gasteiger partial charge in [0, 0.05) is 12.6 Å². The first-order chi connectivity index (χ1) is 12.7. The molecule has 136 valence electrons. The molecular formula is C20H24N4S2. The van der Waals surface area contributed by atoms with Crippen molar-refractivity contribution in [2.75, 3.05) is 7.05 Å². The van der Waals surface area contributed by atoms with Crippen molar-refractivity contribution in [3.05, 3.63) is 57.7 Å². The summed E-state index contributed by atoms with van der Waals surface area (Å²) in [5.74, 6) is 1.02. The van der Waals surface area contributed by atoms with Crippen molar-refractivity contribution in [1.82, 2.24) is 19.2 Å². The van der Waals surface area contributed by atoms with E-state index in [0.717, 1.165) is 23.6 Å². The smallest absolute Gasteiger partial charge is 0.199 e. The lowest BCUT2D eigenvalue weighted by molar-refractivity contribution is 0.244. The number of hydrogen-bond donors (Lipinski definition) is 0. The fourth-order valence-corrected chi connectivity index (χ4v) is 4.26. The van der Waals surface area contributed by atoms with Crippen LogP contribution in [0.15, 0.2) is 41.8 Å². The molecule has 1 saturated carbocycles. The maximum atomic E-state index is 5.76. The van der Waals surface area contributed by atoms with E-state index in [1.165, 1.54) is 28.8 Å². The van der Waals surface area contributed by atoms with Crippen LogP contribution in [0.3, 0.4) is 0 Å². The molecule has 1 aromatic carbocycles. The molecule has 0 atom stereocenters. The van der Waals surface area contributed by atoms with E-state index >= 15 is 0 Å². The third-order valence-electron chi connectivity index (χ3n) is 4.78. The van der Waals surface area contributed by atoms with E-state index in [1.807, 2.05) is 4.68 Å². The highest BCUT2D eigenvalue weighted by atomic mass is 32.1. The molecule has 3 aromatic rings. The fraction of sp³-hybridized carbons (Fsp3) is 0.400. The van der Waals surface area contributed by atoms with Crippen LogP contribution < -0.4 is 0 Å². The first-order valence-corrected chi connectivity index (χ1v) is 10.4. The number of aromatic nitrogens is 3. The zero-order valence-corrected chi connectivity index (χ0v) is 16.9. The minimum atomic E-state index is 0.528. The van der Waals surface area contributed by atoms with Gasteiger partial charge in [0.25, 0.3) is 0 Å². The van der Waals surface area contributed by atoms with Crippen LogP contribution in [0, 0.1) is 4.77 Å². The summed E-state index contributed by atoms with van der Waals surface area (Å²) < 4.78 is 5.07. The Morgan fingerprint density at radius 1 is 1.19 bits per heavy atom. The van der Waals surface area contributed by atoms with E-state index in [1.54, 1.807) is 11.3 Å². The van der Waals surface area contributed by atoms with E-state index in [2.05, 4.69) is 65.2 Å². The monoisotopic (exact) mass is 384 g/mol. The molecule has 0 radical (unpaired) electrons. The van der Waals surface area contributed by atoms with Gasteiger partial charge < -0.3 is 0 Å². The molecule has 2 aromatic heterocycles. The number of rotatable bonds is 7. The molecule has 4 rings (SSSR count). The molecule has 0 bridgehead atoms. The lowest BCUT2D eigenvalue weighted by Gasteiger charge is -2.16. The average Bonchev–Trinajstić information content (AvgIpc) is 3.22. The molecule has 1 aliphatic carbocycles. The Labute approximate surface area is 163 Å². The molecule has 1 aliphatic rings. The SMILES string of the molecule is CCc1ccc(CN(C)Cn2nc(-c3cccs3)n(C3CC3)c2=S)cc1. The molecule has 0 saturated heterocycles. The third kappa shape index (κ3) is 3.68. The fourth-order valence-electron chi connectivity index (χ4n) is 3.22. The number of aryl methyl sites for hydroxylation is 1. The minimum Gasteiger partial charge on any atom is -0.296 e. The second-order valence-electron chi connectivity index (χ2n) is 7.01. The van der Waals surface area contributed by atoms with Crippen molar-refractivity contribution in [2.24, 2.45) is 0 Å². The van der Waals surface area contributed by atoms with Gasteiger partial charge in [-0.05, 0) is 61.1 Å². The Morgan fingerprint density at radius 2 is 1.92 bits per heavy atom. The van der Waals surface area contributed by atoms with E-state index in [0.29, 0.717) is 12.7 Å². The zero-order chi connectivity index (χ0) is 18.1. The first-order valence-electron chi connectivity index (χ1n) is 9.15. The number of benzene rings is 1. The van der Waals surface area contributed by atoms with Crippen molar-refractivity contribution in [2.45, 2.75) is 45.4 Å². The first kappa shape index (κ1) is 17.6. The van der Waals surface area contributed by atoms with Crippen molar-refractivity contribution in [3.63, 3.8) is 0 Å². The Balaban J connectivity index is 1.54. The highest BCUT2D eigenvalue weighted by Gasteiger charge is 2.29. The van der Waals surface area contributed by atoms with E-state index < -0.39 is 0 Å². The predicted molar refractivity (Wildman–Crippen MR) is 110 cm³/mol. The Kier molecular flexibility index (Phi) is 5.07. The number of hydrogen-bond acceptors (Lipinski definition) is 4. The highest BCUT2D eigenvalue weighted by molar-refractivity contribution is 7.71. The van der Waals surface area contributed by atoms with Crippen LogP contribution in [0.2, 0.25) is 0 Å². The zero-order valence-electron chi connectivity index (χ0n) is 15.3. The van der Waals surface area contributed by atoms with Gasteiger partial charge in [0.05, 0.1) is 11.5 Å². The molecule has 4 nitrogen and oxygen atoms in total. The summed E-state index contributed by atoms with van der Waals surface area (Å²) in [6.45, 7) is 3.77. The Morgan fingerprint density at radius 3 is 2.54 bits per heavy atom. The molecule has 0 spiro atoms. The number of nitrogens with zero attached hydrogens (tertiary/aromatic N) is 4. The van der Waals surface area contributed by atoms with Crippen LogP contribution in [-0.2, 0) is 19.6 Å². The van der Waals surface area contributed by atoms with Crippen LogP contribution in [0.4, 0.5) is 0 Å². The largest absolute Gasteiger partial charge is 0.296 e. The van der Waals surface area contributed by atoms with Gasteiger partial charge >= 0.3 is 0 Å². The van der Waals surface area contributed by atoms with Crippen LogP contribution in [0.1, 0.15) is 36.9 Å². The van der Waals surface area contributed by atoms with Crippen molar-refractivity contribution < 1.29 is 0 Å². The summed E-state index contributed by atoms with van der Waals surface area (Å²) in [5.41, 5.74) is 2.69. The van der Waals surface area contributed by atoms with Gasteiger partial charge in [-0.15, -0.1) is 16.4 Å². The number of thiophene rings is 1. The Bertz CT molecular complexity index is 918. The van der Waals surface area contributed by atoms with Crippen LogP contribution >= 0.6 is 23.6 Å². The van der Waals surface area contributed by atoms with Gasteiger partial charge in [0.1, 0.15) is 0 Å². The molecule has 2 heterocycles. The summed E-state index contributed by atoms with van der Waals surface area (Å²) in [5, 5.41) is 6.96. The van der Waals surface area contributed by atoms with Crippen LogP contribution in [-0.4, -0.2) is 26.3 Å². The molecule has 0 aliphatic heterocycles. The lowest BCUT2D eigenvalue weighted by Crippen LogP contribution is -2.22. The highest BCUT2D eigenvalue weighted by Crippen LogP contribution is 2.39. The van der Waals surface area contributed by atoms with E-state index in [9.17, 15) is 0 Å². The van der Waals surface area contributed by atoms with E-state index in [4.69, 9.17) is 17.3 Å².